The molecule has 0 amide bonds. The highest BCUT2D eigenvalue weighted by Crippen LogP contribution is 2.42. The smallest absolute Gasteiger partial charge is 0.425 e. The lowest BCUT2D eigenvalue weighted by Crippen LogP contribution is -2.28. The quantitative estimate of drug-likeness (QED) is 0.0384. The van der Waals surface area contributed by atoms with Gasteiger partial charge >= 0.3 is 10.6 Å². The van der Waals surface area contributed by atoms with Crippen LogP contribution in [0, 0.1) is 0 Å². The molecule has 0 saturated heterocycles. The lowest BCUT2D eigenvalue weighted by Gasteiger charge is -2.26. The summed E-state index contributed by atoms with van der Waals surface area (Å²) in [5.41, 5.74) is 4.52. The van der Waals surface area contributed by atoms with Gasteiger partial charge in [0.2, 0.25) is 17.8 Å². The van der Waals surface area contributed by atoms with E-state index >= 15 is 0 Å². The molecule has 3 N–H and O–H groups in total. The van der Waals surface area contributed by atoms with Crippen molar-refractivity contribution in [2.45, 2.75) is 72.1 Å². The number of ether oxygens (including phenoxy) is 2. The van der Waals surface area contributed by atoms with Crippen molar-refractivity contribution in [3.8, 4) is 11.5 Å². The molecule has 360 valence electrons. The van der Waals surface area contributed by atoms with Gasteiger partial charge in [0.15, 0.2) is 0 Å². The van der Waals surface area contributed by atoms with Crippen LogP contribution in [0.1, 0.15) is 67.2 Å². The maximum atomic E-state index is 11.9. The number of azo groups is 2. The van der Waals surface area contributed by atoms with Gasteiger partial charge in [0.05, 0.1) is 53.2 Å². The van der Waals surface area contributed by atoms with Crippen LogP contribution in [0.2, 0.25) is 0 Å². The van der Waals surface area contributed by atoms with Crippen molar-refractivity contribution >= 4 is 84.1 Å². The molecule has 20 nitrogen and oxygen atoms in total. The first-order valence-corrected chi connectivity index (χ1v) is 24.4. The molecule has 4 aromatic carbocycles. The number of methoxy groups -OCH3 is 2. The SMILES string of the molecule is CCCCN(CCCC)c1nc(Nc2cc(N(CC)CC)c(OC)cc2N=Nc2ccccc2)nc(Nc2cc(N(CC)CC)c(OC)cc2N=Nc2cccc(S(=O)(=O)O)c2)n1.O=S(=O)=O. The zero-order valence-corrected chi connectivity index (χ0v) is 40.8. The molecule has 1 heterocycles. The second-order valence-electron chi connectivity index (χ2n) is 14.6. The number of hydrogen-bond donors (Lipinski definition) is 3. The third kappa shape index (κ3) is 15.7. The normalized spacial score (nSPS) is 11.2. The topological polar surface area (TPSA) is 246 Å². The molecule has 22 heteroatoms. The fourth-order valence-electron chi connectivity index (χ4n) is 6.72. The van der Waals surface area contributed by atoms with Gasteiger partial charge in [-0.15, -0.1) is 22.9 Å². The van der Waals surface area contributed by atoms with E-state index in [1.165, 1.54) is 18.2 Å². The highest BCUT2D eigenvalue weighted by Gasteiger charge is 2.21. The Morgan fingerprint density at radius 1 is 0.597 bits per heavy atom. The van der Waals surface area contributed by atoms with Gasteiger partial charge < -0.3 is 34.8 Å². The third-order valence-electron chi connectivity index (χ3n) is 10.2. The fourth-order valence-corrected chi connectivity index (χ4v) is 7.24. The molecule has 0 fully saturated rings. The van der Waals surface area contributed by atoms with Crippen LogP contribution in [0.25, 0.3) is 0 Å². The Balaban J connectivity index is 0.00000235. The Labute approximate surface area is 394 Å². The molecule has 0 aliphatic rings. The lowest BCUT2D eigenvalue weighted by atomic mass is 10.2. The highest BCUT2D eigenvalue weighted by molar-refractivity contribution is 7.85. The number of benzene rings is 4. The first kappa shape index (κ1) is 52.8. The standard InChI is InChI=1S/C45H60N12O5S.O3S/c1-9-15-25-57(26-16-10-2)45-49-43(46-35-28-39(55(11-3)12-4)41(61-7)30-37(35)53-51-32-21-18-17-19-22-32)48-44(50-45)47-36-29-40(56(13-5)14-6)42(62-8)31-38(36)54-52-33-23-20-24-34(27-33)63(58,59)60;1-4(2)3/h17-24,27-31H,9-16,25-26H2,1-8H3,(H,58,59,60)(H2,46,47,48,49,50);. The van der Waals surface area contributed by atoms with Crippen molar-refractivity contribution in [2.24, 2.45) is 20.5 Å². The summed E-state index contributed by atoms with van der Waals surface area (Å²) in [7, 11) is -4.35. The van der Waals surface area contributed by atoms with Crippen molar-refractivity contribution < 1.29 is 35.1 Å². The van der Waals surface area contributed by atoms with Crippen LogP contribution in [0.5, 0.6) is 11.5 Å². The van der Waals surface area contributed by atoms with Crippen molar-refractivity contribution in [1.29, 1.82) is 0 Å². The third-order valence-corrected chi connectivity index (χ3v) is 11.0. The average Bonchev–Trinajstić information content (AvgIpc) is 3.31. The van der Waals surface area contributed by atoms with Crippen molar-refractivity contribution in [3.05, 3.63) is 78.9 Å². The lowest BCUT2D eigenvalue weighted by molar-refractivity contribution is 0.414. The molecule has 1 aromatic heterocycles. The summed E-state index contributed by atoms with van der Waals surface area (Å²) in [6, 6.07) is 22.6. The van der Waals surface area contributed by atoms with Crippen molar-refractivity contribution in [2.75, 3.05) is 78.8 Å². The molecule has 0 atom stereocenters. The van der Waals surface area contributed by atoms with Gasteiger partial charge in [-0.2, -0.15) is 33.6 Å². The number of hydrogen-bond acceptors (Lipinski definition) is 19. The Hall–Kier alpha value is -6.78. The molecule has 0 aliphatic heterocycles. The van der Waals surface area contributed by atoms with Gasteiger partial charge in [0.1, 0.15) is 22.9 Å². The summed E-state index contributed by atoms with van der Waals surface area (Å²) in [5, 5.41) is 25.0. The molecule has 0 radical (unpaired) electrons. The van der Waals surface area contributed by atoms with Crippen molar-refractivity contribution in [1.82, 2.24) is 15.0 Å². The largest absolute Gasteiger partial charge is 0.494 e. The summed E-state index contributed by atoms with van der Waals surface area (Å²) in [5.74, 6) is 2.16. The van der Waals surface area contributed by atoms with E-state index in [2.05, 4.69) is 87.3 Å². The van der Waals surface area contributed by atoms with E-state index in [0.717, 1.165) is 63.2 Å². The van der Waals surface area contributed by atoms with Gasteiger partial charge in [-0.1, -0.05) is 51.0 Å². The van der Waals surface area contributed by atoms with Gasteiger partial charge in [0, 0.05) is 51.4 Å². The first-order valence-electron chi connectivity index (χ1n) is 21.9. The van der Waals surface area contributed by atoms with E-state index in [4.69, 9.17) is 37.1 Å². The zero-order chi connectivity index (χ0) is 48.9. The molecular formula is C45H60N12O8S2. The molecule has 0 aliphatic carbocycles. The maximum Gasteiger partial charge on any atom is 0.425 e. The Morgan fingerprint density at radius 3 is 1.46 bits per heavy atom. The maximum absolute atomic E-state index is 11.9. The molecule has 5 rings (SSSR count). The average molecular weight is 961 g/mol. The number of aromatic nitrogens is 3. The number of unbranched alkanes of at least 4 members (excludes halogenated alkanes) is 2. The Bertz CT molecular complexity index is 2650. The van der Waals surface area contributed by atoms with Crippen LogP contribution in [0.4, 0.5) is 63.3 Å². The van der Waals surface area contributed by atoms with E-state index in [-0.39, 0.29) is 22.5 Å². The molecule has 5 aromatic rings. The zero-order valence-electron chi connectivity index (χ0n) is 39.2. The molecule has 0 saturated carbocycles. The van der Waals surface area contributed by atoms with E-state index < -0.39 is 20.7 Å². The van der Waals surface area contributed by atoms with Crippen LogP contribution < -0.4 is 34.8 Å². The minimum Gasteiger partial charge on any atom is -0.494 e. The van der Waals surface area contributed by atoms with E-state index in [0.29, 0.717) is 59.0 Å². The number of nitrogens with one attached hydrogen (secondary N) is 2. The Morgan fingerprint density at radius 2 is 1.04 bits per heavy atom. The predicted molar refractivity (Wildman–Crippen MR) is 262 cm³/mol. The van der Waals surface area contributed by atoms with Crippen LogP contribution in [0.15, 0.2) is 104 Å². The van der Waals surface area contributed by atoms with Crippen LogP contribution in [-0.4, -0.2) is 94.0 Å². The molecule has 0 spiro atoms. The summed E-state index contributed by atoms with van der Waals surface area (Å²) in [6.07, 6.45) is 3.85. The summed E-state index contributed by atoms with van der Waals surface area (Å²) >= 11 is 0. The minimum atomic E-state index is -4.46. The Kier molecular flexibility index (Phi) is 20.8. The van der Waals surface area contributed by atoms with Gasteiger partial charge in [-0.05, 0) is 83.0 Å². The summed E-state index contributed by atoms with van der Waals surface area (Å²) in [6.45, 7) is 17.0. The first-order chi connectivity index (χ1) is 32.2. The van der Waals surface area contributed by atoms with Gasteiger partial charge in [-0.25, -0.2) is 0 Å². The molecular weight excluding hydrogens is 901 g/mol. The van der Waals surface area contributed by atoms with Gasteiger partial charge in [0.25, 0.3) is 10.1 Å². The molecule has 0 unspecified atom stereocenters. The van der Waals surface area contributed by atoms with Crippen LogP contribution >= 0.6 is 0 Å². The van der Waals surface area contributed by atoms with E-state index in [9.17, 15) is 13.0 Å². The highest BCUT2D eigenvalue weighted by atomic mass is 32.2. The number of nitrogens with zero attached hydrogens (tertiary/aromatic N) is 10. The predicted octanol–water partition coefficient (Wildman–Crippen LogP) is 10.5. The monoisotopic (exact) mass is 960 g/mol. The van der Waals surface area contributed by atoms with Crippen LogP contribution in [-0.2, 0) is 20.7 Å². The summed E-state index contributed by atoms with van der Waals surface area (Å²) < 4.78 is 70.6. The second kappa shape index (κ2) is 26.4. The molecule has 0 bridgehead atoms. The minimum absolute atomic E-state index is 0.211. The fraction of sp³-hybridized carbons (Fsp3) is 0.400. The van der Waals surface area contributed by atoms with E-state index in [1.807, 2.05) is 48.5 Å². The van der Waals surface area contributed by atoms with Gasteiger partial charge in [-0.3, -0.25) is 4.55 Å². The van der Waals surface area contributed by atoms with E-state index in [1.54, 1.807) is 26.4 Å². The summed E-state index contributed by atoms with van der Waals surface area (Å²) in [4.78, 5) is 21.2. The second-order valence-corrected chi connectivity index (χ2v) is 16.4. The van der Waals surface area contributed by atoms with Crippen LogP contribution in [0.3, 0.4) is 0 Å². The number of anilines is 7. The molecule has 67 heavy (non-hydrogen) atoms. The van der Waals surface area contributed by atoms with Crippen molar-refractivity contribution in [3.63, 3.8) is 0 Å². The number of rotatable bonds is 24.